The van der Waals surface area contributed by atoms with Gasteiger partial charge in [-0.1, -0.05) is 0 Å². The fraction of sp³-hybridized carbons (Fsp3) is 0.375. The van der Waals surface area contributed by atoms with Gasteiger partial charge < -0.3 is 14.9 Å². The van der Waals surface area contributed by atoms with Gasteiger partial charge in [0.25, 0.3) is 12.3 Å². The number of carboxylic acids is 1. The summed E-state index contributed by atoms with van der Waals surface area (Å²) in [4.78, 5) is 30.9. The van der Waals surface area contributed by atoms with Gasteiger partial charge in [-0.15, -0.1) is 0 Å². The molecule has 1 N–H and O–H groups in total. The molecule has 3 heterocycles. The zero-order chi connectivity index (χ0) is 18.8. The van der Waals surface area contributed by atoms with Crippen molar-refractivity contribution in [2.24, 2.45) is 7.05 Å². The quantitative estimate of drug-likeness (QED) is 0.881. The van der Waals surface area contributed by atoms with E-state index in [1.807, 2.05) is 4.90 Å². The van der Waals surface area contributed by atoms with Crippen LogP contribution in [0.5, 0.6) is 0 Å². The maximum atomic E-state index is 13.1. The van der Waals surface area contributed by atoms with Crippen molar-refractivity contribution in [1.82, 2.24) is 19.7 Å². The van der Waals surface area contributed by atoms with Crippen molar-refractivity contribution in [3.05, 3.63) is 41.3 Å². The zero-order valence-electron chi connectivity index (χ0n) is 14.0. The molecule has 1 aliphatic heterocycles. The molecule has 0 aliphatic carbocycles. The van der Waals surface area contributed by atoms with Crippen LogP contribution >= 0.6 is 0 Å². The predicted molar refractivity (Wildman–Crippen MR) is 87.5 cm³/mol. The number of nitrogens with zero attached hydrogens (tertiary/aromatic N) is 5. The normalized spacial score (nSPS) is 14.8. The molecule has 2 aromatic heterocycles. The standard InChI is InChI=1S/C16H17F2N5O3/c1-21-13(14(17)18)11(9-20-21)15(24)23-6-4-22(5-7-23)12-3-2-10(8-19-12)16(25)26/h2-3,8-9,14H,4-7H2,1H3,(H,25,26). The van der Waals surface area contributed by atoms with Crippen LogP contribution in [-0.4, -0.2) is 62.8 Å². The van der Waals surface area contributed by atoms with E-state index in [-0.39, 0.29) is 16.8 Å². The summed E-state index contributed by atoms with van der Waals surface area (Å²) in [5, 5.41) is 12.7. The van der Waals surface area contributed by atoms with E-state index in [1.54, 1.807) is 6.07 Å². The minimum absolute atomic E-state index is 0.0834. The zero-order valence-corrected chi connectivity index (χ0v) is 14.0. The monoisotopic (exact) mass is 365 g/mol. The molecule has 0 spiro atoms. The Bertz CT molecular complexity index is 814. The summed E-state index contributed by atoms with van der Waals surface area (Å²) in [7, 11) is 1.38. The lowest BCUT2D eigenvalue weighted by atomic mass is 10.2. The number of aryl methyl sites for hydroxylation is 1. The van der Waals surface area contributed by atoms with Crippen LogP contribution in [0.1, 0.15) is 32.8 Å². The van der Waals surface area contributed by atoms with Gasteiger partial charge in [0.1, 0.15) is 11.5 Å². The molecule has 1 aliphatic rings. The lowest BCUT2D eigenvalue weighted by Crippen LogP contribution is -2.49. The molecule has 0 saturated carbocycles. The molecule has 0 radical (unpaired) electrons. The van der Waals surface area contributed by atoms with E-state index in [4.69, 9.17) is 5.11 Å². The highest BCUT2D eigenvalue weighted by molar-refractivity contribution is 5.95. The molecular formula is C16H17F2N5O3. The average molecular weight is 365 g/mol. The number of pyridine rings is 1. The van der Waals surface area contributed by atoms with Gasteiger partial charge >= 0.3 is 5.97 Å². The Labute approximate surface area is 147 Å². The molecule has 1 amide bonds. The minimum Gasteiger partial charge on any atom is -0.478 e. The van der Waals surface area contributed by atoms with Crippen LogP contribution < -0.4 is 4.90 Å². The summed E-state index contributed by atoms with van der Waals surface area (Å²) in [6.45, 7) is 1.63. The molecule has 0 aromatic carbocycles. The molecule has 1 fully saturated rings. The van der Waals surface area contributed by atoms with Crippen molar-refractivity contribution in [3.8, 4) is 0 Å². The summed E-state index contributed by atoms with van der Waals surface area (Å²) < 4.78 is 27.3. The van der Waals surface area contributed by atoms with Crippen LogP contribution in [-0.2, 0) is 7.05 Å². The van der Waals surface area contributed by atoms with E-state index in [0.29, 0.717) is 32.0 Å². The highest BCUT2D eigenvalue weighted by atomic mass is 19.3. The van der Waals surface area contributed by atoms with E-state index in [2.05, 4.69) is 10.1 Å². The number of hydrogen-bond donors (Lipinski definition) is 1. The van der Waals surface area contributed by atoms with Gasteiger partial charge in [-0.2, -0.15) is 5.10 Å². The largest absolute Gasteiger partial charge is 0.478 e. The first kappa shape index (κ1) is 17.8. The van der Waals surface area contributed by atoms with Gasteiger partial charge in [0.05, 0.1) is 17.3 Å². The van der Waals surface area contributed by atoms with E-state index in [9.17, 15) is 18.4 Å². The summed E-state index contributed by atoms with van der Waals surface area (Å²) in [6, 6.07) is 3.07. The fourth-order valence-electron chi connectivity index (χ4n) is 2.88. The van der Waals surface area contributed by atoms with Crippen molar-refractivity contribution >= 4 is 17.7 Å². The molecular weight excluding hydrogens is 348 g/mol. The first-order valence-corrected chi connectivity index (χ1v) is 7.92. The summed E-state index contributed by atoms with van der Waals surface area (Å²) in [5.74, 6) is -0.912. The smallest absolute Gasteiger partial charge is 0.337 e. The topological polar surface area (TPSA) is 91.6 Å². The van der Waals surface area contributed by atoms with Gasteiger partial charge in [0.15, 0.2) is 0 Å². The van der Waals surface area contributed by atoms with Crippen molar-refractivity contribution in [2.75, 3.05) is 31.1 Å². The number of carbonyl (C=O) groups excluding carboxylic acids is 1. The molecule has 0 bridgehead atoms. The highest BCUT2D eigenvalue weighted by Gasteiger charge is 2.29. The van der Waals surface area contributed by atoms with Crippen LogP contribution in [0.3, 0.4) is 0 Å². The number of aromatic nitrogens is 3. The number of halogens is 2. The van der Waals surface area contributed by atoms with Crippen LogP contribution in [0, 0.1) is 0 Å². The molecule has 138 valence electrons. The number of aromatic carboxylic acids is 1. The summed E-state index contributed by atoms with van der Waals surface area (Å²) >= 11 is 0. The van der Waals surface area contributed by atoms with Crippen molar-refractivity contribution in [1.29, 1.82) is 0 Å². The van der Waals surface area contributed by atoms with Gasteiger partial charge in [0.2, 0.25) is 0 Å². The van der Waals surface area contributed by atoms with Crippen LogP contribution in [0.25, 0.3) is 0 Å². The molecule has 10 heteroatoms. The van der Waals surface area contributed by atoms with Gasteiger partial charge in [0, 0.05) is 39.4 Å². The average Bonchev–Trinajstić information content (AvgIpc) is 3.03. The SMILES string of the molecule is Cn1ncc(C(=O)N2CCN(c3ccc(C(=O)O)cn3)CC2)c1C(F)F. The first-order chi connectivity index (χ1) is 12.4. The van der Waals surface area contributed by atoms with Crippen LogP contribution in [0.4, 0.5) is 14.6 Å². The number of carbonyl (C=O) groups is 2. The minimum atomic E-state index is -2.78. The molecule has 8 nitrogen and oxygen atoms in total. The third kappa shape index (κ3) is 3.35. The Kier molecular flexibility index (Phi) is 4.83. The maximum absolute atomic E-state index is 13.1. The van der Waals surface area contributed by atoms with Gasteiger partial charge in [-0.3, -0.25) is 9.48 Å². The van der Waals surface area contributed by atoms with Gasteiger partial charge in [-0.05, 0) is 12.1 Å². The second-order valence-corrected chi connectivity index (χ2v) is 5.86. The molecule has 0 unspecified atom stereocenters. The van der Waals surface area contributed by atoms with Crippen LogP contribution in [0.15, 0.2) is 24.5 Å². The Hall–Kier alpha value is -3.04. The molecule has 3 rings (SSSR count). The number of amides is 1. The number of alkyl halides is 2. The third-order valence-corrected chi connectivity index (χ3v) is 4.31. The lowest BCUT2D eigenvalue weighted by Gasteiger charge is -2.35. The van der Waals surface area contributed by atoms with E-state index in [1.165, 1.54) is 30.4 Å². The number of anilines is 1. The van der Waals surface area contributed by atoms with E-state index >= 15 is 0 Å². The Morgan fingerprint density at radius 2 is 1.85 bits per heavy atom. The third-order valence-electron chi connectivity index (χ3n) is 4.31. The Morgan fingerprint density at radius 3 is 2.38 bits per heavy atom. The van der Waals surface area contributed by atoms with Crippen LogP contribution in [0.2, 0.25) is 0 Å². The number of hydrogen-bond acceptors (Lipinski definition) is 5. The highest BCUT2D eigenvalue weighted by Crippen LogP contribution is 2.24. The lowest BCUT2D eigenvalue weighted by molar-refractivity contribution is 0.0694. The Morgan fingerprint density at radius 1 is 1.15 bits per heavy atom. The predicted octanol–water partition coefficient (Wildman–Crippen LogP) is 1.41. The second kappa shape index (κ2) is 7.06. The van der Waals surface area contributed by atoms with E-state index < -0.39 is 18.3 Å². The molecule has 0 atom stereocenters. The molecule has 2 aromatic rings. The fourth-order valence-corrected chi connectivity index (χ4v) is 2.88. The van der Waals surface area contributed by atoms with Gasteiger partial charge in [-0.25, -0.2) is 18.6 Å². The second-order valence-electron chi connectivity index (χ2n) is 5.86. The summed E-state index contributed by atoms with van der Waals surface area (Å²) in [6.07, 6.45) is -0.332. The van der Waals surface area contributed by atoms with Crippen molar-refractivity contribution in [3.63, 3.8) is 0 Å². The number of carboxylic acid groups (broad SMARTS) is 1. The number of rotatable bonds is 4. The number of piperazine rings is 1. The maximum Gasteiger partial charge on any atom is 0.337 e. The Balaban J connectivity index is 1.67. The molecule has 26 heavy (non-hydrogen) atoms. The van der Waals surface area contributed by atoms with E-state index in [0.717, 1.165) is 4.68 Å². The first-order valence-electron chi connectivity index (χ1n) is 7.92. The van der Waals surface area contributed by atoms with Crippen molar-refractivity contribution in [2.45, 2.75) is 6.43 Å². The molecule has 1 saturated heterocycles. The van der Waals surface area contributed by atoms with Crippen molar-refractivity contribution < 1.29 is 23.5 Å². The summed E-state index contributed by atoms with van der Waals surface area (Å²) in [5.41, 5.74) is -0.373.